The fourth-order valence-electron chi connectivity index (χ4n) is 1.55. The van der Waals surface area contributed by atoms with Crippen molar-refractivity contribution in [2.75, 3.05) is 12.3 Å². The Morgan fingerprint density at radius 3 is 2.70 bits per heavy atom. The summed E-state index contributed by atoms with van der Waals surface area (Å²) in [6.45, 7) is 0.206. The van der Waals surface area contributed by atoms with Crippen molar-refractivity contribution in [1.82, 2.24) is 5.32 Å². The number of ether oxygens (including phenoxy) is 1. The van der Waals surface area contributed by atoms with Gasteiger partial charge in [0, 0.05) is 17.9 Å². The van der Waals surface area contributed by atoms with Gasteiger partial charge < -0.3 is 18.9 Å². The number of nitrogens with one attached hydrogen (secondary N) is 1. The van der Waals surface area contributed by atoms with Crippen molar-refractivity contribution < 1.29 is 18.4 Å². The first-order valence-electron chi connectivity index (χ1n) is 5.90. The summed E-state index contributed by atoms with van der Waals surface area (Å²) < 4.78 is 14.8. The Labute approximate surface area is 120 Å². The van der Waals surface area contributed by atoms with Crippen LogP contribution >= 0.6 is 12.6 Å². The molecular formula is C13H13NO5S. The highest BCUT2D eigenvalue weighted by atomic mass is 32.1. The van der Waals surface area contributed by atoms with Crippen LogP contribution in [0.5, 0.6) is 0 Å². The van der Waals surface area contributed by atoms with Crippen molar-refractivity contribution in [2.45, 2.75) is 6.61 Å². The average Bonchev–Trinajstić information content (AvgIpc) is 2.85. The van der Waals surface area contributed by atoms with E-state index in [4.69, 9.17) is 13.6 Å². The summed E-state index contributed by atoms with van der Waals surface area (Å²) in [5, 5.41) is 2.48. The zero-order chi connectivity index (χ0) is 14.4. The highest BCUT2D eigenvalue weighted by Gasteiger charge is 2.16. The Hall–Kier alpha value is -2.15. The van der Waals surface area contributed by atoms with Gasteiger partial charge in [-0.25, -0.2) is 9.59 Å². The molecule has 6 nitrogen and oxygen atoms in total. The second-order valence-corrected chi connectivity index (χ2v) is 4.25. The summed E-state index contributed by atoms with van der Waals surface area (Å²) in [5.41, 5.74) is 0.674. The average molecular weight is 295 g/mol. The Morgan fingerprint density at radius 1 is 1.25 bits per heavy atom. The molecule has 7 heteroatoms. The van der Waals surface area contributed by atoms with Gasteiger partial charge in [0.05, 0.1) is 0 Å². The number of carbonyl (C=O) groups excluding carboxylic acids is 1. The zero-order valence-electron chi connectivity index (χ0n) is 10.5. The number of benzene rings is 1. The Bertz CT molecular complexity index is 619. The second kappa shape index (κ2) is 6.85. The first-order chi connectivity index (χ1) is 9.70. The molecule has 0 bridgehead atoms. The van der Waals surface area contributed by atoms with E-state index in [1.807, 2.05) is 6.07 Å². The van der Waals surface area contributed by atoms with Gasteiger partial charge in [0.1, 0.15) is 0 Å². The molecule has 20 heavy (non-hydrogen) atoms. The maximum absolute atomic E-state index is 11.3. The molecule has 0 radical (unpaired) electrons. The van der Waals surface area contributed by atoms with Gasteiger partial charge in [0.15, 0.2) is 18.1 Å². The van der Waals surface area contributed by atoms with Crippen LogP contribution in [-0.2, 0) is 11.3 Å². The van der Waals surface area contributed by atoms with Crippen LogP contribution < -0.4 is 11.1 Å². The van der Waals surface area contributed by atoms with Crippen molar-refractivity contribution in [3.05, 3.63) is 46.7 Å². The van der Waals surface area contributed by atoms with E-state index in [1.54, 1.807) is 24.3 Å². The highest BCUT2D eigenvalue weighted by molar-refractivity contribution is 7.80. The molecule has 0 saturated heterocycles. The van der Waals surface area contributed by atoms with Crippen molar-refractivity contribution in [1.29, 1.82) is 0 Å². The molecule has 0 fully saturated rings. The molecule has 106 valence electrons. The zero-order valence-corrected chi connectivity index (χ0v) is 11.4. The molecule has 0 spiro atoms. The predicted octanol–water partition coefficient (Wildman–Crippen LogP) is 2.06. The summed E-state index contributed by atoms with van der Waals surface area (Å²) in [6.07, 6.45) is -0.609. The lowest BCUT2D eigenvalue weighted by Crippen LogP contribution is -2.25. The lowest BCUT2D eigenvalue weighted by molar-refractivity contribution is 0.131. The molecule has 1 aromatic carbocycles. The van der Waals surface area contributed by atoms with E-state index in [-0.39, 0.29) is 18.1 Å². The molecule has 2 rings (SSSR count). The third-order valence-electron chi connectivity index (χ3n) is 2.40. The first-order valence-corrected chi connectivity index (χ1v) is 6.53. The van der Waals surface area contributed by atoms with Gasteiger partial charge in [0.2, 0.25) is 0 Å². The van der Waals surface area contributed by atoms with Gasteiger partial charge in [-0.1, -0.05) is 30.3 Å². The van der Waals surface area contributed by atoms with Crippen LogP contribution in [0.25, 0.3) is 11.3 Å². The monoisotopic (exact) mass is 295 g/mol. The molecule has 1 amide bonds. The lowest BCUT2D eigenvalue weighted by Gasteiger charge is -2.04. The number of rotatable bonds is 5. The van der Waals surface area contributed by atoms with Gasteiger partial charge in [-0.05, 0) is 0 Å². The Kier molecular flexibility index (Phi) is 4.89. The molecule has 0 saturated carbocycles. The van der Waals surface area contributed by atoms with Gasteiger partial charge in [-0.15, -0.1) is 0 Å². The van der Waals surface area contributed by atoms with Crippen molar-refractivity contribution in [3.8, 4) is 11.3 Å². The van der Waals surface area contributed by atoms with E-state index < -0.39 is 11.9 Å². The normalized spacial score (nSPS) is 10.2. The lowest BCUT2D eigenvalue weighted by atomic mass is 10.1. The third kappa shape index (κ3) is 3.67. The topological polar surface area (TPSA) is 81.7 Å². The van der Waals surface area contributed by atoms with Crippen molar-refractivity contribution in [3.63, 3.8) is 0 Å². The molecule has 0 unspecified atom stereocenters. The first kappa shape index (κ1) is 14.3. The number of amides is 1. The van der Waals surface area contributed by atoms with Crippen LogP contribution in [0.4, 0.5) is 4.79 Å². The van der Waals surface area contributed by atoms with Crippen LogP contribution in [0.1, 0.15) is 5.76 Å². The summed E-state index contributed by atoms with van der Waals surface area (Å²) >= 11 is 3.96. The molecule has 2 aromatic rings. The van der Waals surface area contributed by atoms with E-state index in [0.717, 1.165) is 0 Å². The van der Waals surface area contributed by atoms with Gasteiger partial charge in [-0.3, -0.25) is 0 Å². The minimum atomic E-state index is -0.835. The molecular weight excluding hydrogens is 282 g/mol. The number of thiol groups is 1. The molecule has 0 aliphatic heterocycles. The maximum atomic E-state index is 11.3. The molecule has 0 aliphatic rings. The van der Waals surface area contributed by atoms with E-state index in [1.165, 1.54) is 0 Å². The molecule has 0 atom stereocenters. The smallest absolute Gasteiger partial charge is 0.441 e. The second-order valence-electron chi connectivity index (χ2n) is 3.80. The fraction of sp³-hybridized carbons (Fsp3) is 0.231. The van der Waals surface area contributed by atoms with Gasteiger partial charge >= 0.3 is 11.9 Å². The summed E-state index contributed by atoms with van der Waals surface area (Å²) in [4.78, 5) is 22.5. The van der Waals surface area contributed by atoms with Gasteiger partial charge in [0.25, 0.3) is 0 Å². The maximum Gasteiger partial charge on any atom is 0.519 e. The molecule has 1 N–H and O–H groups in total. The SMILES string of the molecule is O=C(NCCS)OCc1oc(=O)oc1-c1ccccc1. The number of alkyl carbamates (subject to hydrolysis) is 1. The highest BCUT2D eigenvalue weighted by Crippen LogP contribution is 2.23. The summed E-state index contributed by atoms with van der Waals surface area (Å²) in [7, 11) is 0. The number of carbonyl (C=O) groups is 1. The van der Waals surface area contributed by atoms with Crippen LogP contribution in [-0.4, -0.2) is 18.4 Å². The Balaban J connectivity index is 2.09. The molecule has 0 aliphatic carbocycles. The minimum absolute atomic E-state index is 0.169. The van der Waals surface area contributed by atoms with E-state index >= 15 is 0 Å². The number of hydrogen-bond acceptors (Lipinski definition) is 6. The van der Waals surface area contributed by atoms with Crippen LogP contribution in [0.2, 0.25) is 0 Å². The van der Waals surface area contributed by atoms with Crippen LogP contribution in [0.3, 0.4) is 0 Å². The van der Waals surface area contributed by atoms with E-state index in [0.29, 0.717) is 17.9 Å². The quantitative estimate of drug-likeness (QED) is 0.825. The summed E-state index contributed by atoms with van der Waals surface area (Å²) in [5.74, 6) is 0.101. The largest absolute Gasteiger partial charge is 0.519 e. The Morgan fingerprint density at radius 2 is 2.00 bits per heavy atom. The van der Waals surface area contributed by atoms with Crippen molar-refractivity contribution >= 4 is 18.7 Å². The standard InChI is InChI=1S/C13H13NO5S/c15-12(14-6-7-20)17-8-10-11(19-13(16)18-10)9-4-2-1-3-5-9/h1-5,20H,6-8H2,(H,14,15). The molecule has 1 heterocycles. The van der Waals surface area contributed by atoms with E-state index in [9.17, 15) is 9.59 Å². The minimum Gasteiger partial charge on any atom is -0.441 e. The van der Waals surface area contributed by atoms with Crippen LogP contribution in [0.15, 0.2) is 44.0 Å². The van der Waals surface area contributed by atoms with Crippen LogP contribution in [0, 0.1) is 0 Å². The third-order valence-corrected chi connectivity index (χ3v) is 2.62. The summed E-state index contributed by atoms with van der Waals surface area (Å²) in [6, 6.07) is 8.96. The fourth-order valence-corrected chi connectivity index (χ4v) is 1.66. The van der Waals surface area contributed by atoms with Crippen molar-refractivity contribution in [2.24, 2.45) is 0 Å². The van der Waals surface area contributed by atoms with Gasteiger partial charge in [-0.2, -0.15) is 12.6 Å². The predicted molar refractivity (Wildman–Crippen MR) is 74.7 cm³/mol. The molecule has 1 aromatic heterocycles. The van der Waals surface area contributed by atoms with E-state index in [2.05, 4.69) is 17.9 Å². The number of hydrogen-bond donors (Lipinski definition) is 2.